The number of fused-ring (bicyclic) bond motifs is 1. The first kappa shape index (κ1) is 15.0. The molecular formula is C19H15N5O. The average molecular weight is 329 g/mol. The first-order valence-electron chi connectivity index (χ1n) is 7.86. The maximum absolute atomic E-state index is 5.87. The van der Waals surface area contributed by atoms with Crippen LogP contribution in [0.1, 0.15) is 17.1 Å². The van der Waals surface area contributed by atoms with E-state index in [-0.39, 0.29) is 0 Å². The van der Waals surface area contributed by atoms with Crippen LogP contribution in [0, 0.1) is 0 Å². The van der Waals surface area contributed by atoms with E-state index in [9.17, 15) is 0 Å². The van der Waals surface area contributed by atoms with Crippen molar-refractivity contribution in [3.63, 3.8) is 0 Å². The lowest BCUT2D eigenvalue weighted by Gasteiger charge is -2.07. The Labute approximate surface area is 144 Å². The highest BCUT2D eigenvalue weighted by Gasteiger charge is 2.01. The second kappa shape index (κ2) is 6.92. The Bertz CT molecular complexity index is 1010. The molecule has 6 nitrogen and oxygen atoms in total. The van der Waals surface area contributed by atoms with Gasteiger partial charge in [-0.1, -0.05) is 42.5 Å². The van der Waals surface area contributed by atoms with Gasteiger partial charge >= 0.3 is 0 Å². The summed E-state index contributed by atoms with van der Waals surface area (Å²) in [5.74, 6) is 1.32. The van der Waals surface area contributed by atoms with Gasteiger partial charge in [0.05, 0.1) is 11.2 Å². The quantitative estimate of drug-likeness (QED) is 0.606. The molecule has 0 amide bonds. The van der Waals surface area contributed by atoms with E-state index in [1.165, 1.54) is 0 Å². The van der Waals surface area contributed by atoms with Gasteiger partial charge in [0.1, 0.15) is 12.4 Å². The summed E-state index contributed by atoms with van der Waals surface area (Å²) in [6.07, 6.45) is 3.69. The number of aromatic nitrogens is 5. The number of rotatable bonds is 5. The van der Waals surface area contributed by atoms with Crippen molar-refractivity contribution in [1.29, 1.82) is 0 Å². The van der Waals surface area contributed by atoms with Crippen molar-refractivity contribution < 1.29 is 4.74 Å². The molecule has 1 N–H and O–H groups in total. The first-order valence-corrected chi connectivity index (χ1v) is 7.86. The second-order valence-electron chi connectivity index (χ2n) is 5.46. The van der Waals surface area contributed by atoms with Gasteiger partial charge in [-0.25, -0.2) is 4.98 Å². The molecule has 2 aromatic carbocycles. The van der Waals surface area contributed by atoms with Crippen molar-refractivity contribution in [2.24, 2.45) is 0 Å². The van der Waals surface area contributed by atoms with Crippen LogP contribution in [0.25, 0.3) is 23.1 Å². The maximum atomic E-state index is 5.87. The number of nitrogens with zero attached hydrogens (tertiary/aromatic N) is 4. The zero-order valence-electron chi connectivity index (χ0n) is 13.3. The molecule has 2 aromatic heterocycles. The molecule has 0 fully saturated rings. The number of tetrazole rings is 1. The lowest BCUT2D eigenvalue weighted by atomic mass is 10.2. The molecule has 25 heavy (non-hydrogen) atoms. The molecule has 0 aliphatic rings. The third-order valence-corrected chi connectivity index (χ3v) is 3.69. The van der Waals surface area contributed by atoms with Crippen LogP contribution in [0.3, 0.4) is 0 Å². The standard InChI is InChI=1S/C19H15N5O/c1-2-7-18-15(5-1)9-10-16(20-18)13-25-17-6-3-4-14(12-17)8-11-19-21-23-24-22-19/h1-12H,13H2,(H,21,22,23,24)/b11-8-. The number of H-pyrrole nitrogens is 1. The molecule has 0 saturated carbocycles. The Kier molecular flexibility index (Phi) is 4.16. The number of para-hydroxylation sites is 1. The molecular weight excluding hydrogens is 314 g/mol. The Morgan fingerprint density at radius 3 is 2.84 bits per heavy atom. The largest absolute Gasteiger partial charge is 0.487 e. The second-order valence-corrected chi connectivity index (χ2v) is 5.46. The van der Waals surface area contributed by atoms with Gasteiger partial charge < -0.3 is 4.74 Å². The monoisotopic (exact) mass is 329 g/mol. The predicted octanol–water partition coefficient (Wildman–Crippen LogP) is 3.50. The molecule has 0 aliphatic carbocycles. The molecule has 0 aliphatic heterocycles. The van der Waals surface area contributed by atoms with Gasteiger partial charge in [-0.15, -0.1) is 10.2 Å². The van der Waals surface area contributed by atoms with Gasteiger partial charge in [0.15, 0.2) is 5.82 Å². The minimum Gasteiger partial charge on any atom is -0.487 e. The minimum absolute atomic E-state index is 0.419. The topological polar surface area (TPSA) is 76.6 Å². The molecule has 0 bridgehead atoms. The van der Waals surface area contributed by atoms with Crippen LogP contribution in [0.15, 0.2) is 60.7 Å². The summed E-state index contributed by atoms with van der Waals surface area (Å²) in [7, 11) is 0. The van der Waals surface area contributed by atoms with Crippen molar-refractivity contribution in [1.82, 2.24) is 25.6 Å². The van der Waals surface area contributed by atoms with Crippen LogP contribution in [0.2, 0.25) is 0 Å². The molecule has 122 valence electrons. The molecule has 4 rings (SSSR count). The van der Waals surface area contributed by atoms with Crippen molar-refractivity contribution in [2.75, 3.05) is 0 Å². The Morgan fingerprint density at radius 1 is 0.960 bits per heavy atom. The SMILES string of the molecule is C(=C/c1nn[nH]n1)/c1cccc(OCc2ccc3ccccc3n2)c1. The highest BCUT2D eigenvalue weighted by molar-refractivity contribution is 5.78. The number of pyridine rings is 1. The highest BCUT2D eigenvalue weighted by Crippen LogP contribution is 2.17. The fourth-order valence-electron chi connectivity index (χ4n) is 2.46. The van der Waals surface area contributed by atoms with E-state index in [4.69, 9.17) is 4.74 Å². The van der Waals surface area contributed by atoms with Gasteiger partial charge in [-0.2, -0.15) is 5.21 Å². The third-order valence-electron chi connectivity index (χ3n) is 3.69. The van der Waals surface area contributed by atoms with Crippen LogP contribution in [0.5, 0.6) is 5.75 Å². The Hall–Kier alpha value is -3.54. The fourth-order valence-corrected chi connectivity index (χ4v) is 2.46. The molecule has 6 heteroatoms. The van der Waals surface area contributed by atoms with Gasteiger partial charge in [0.2, 0.25) is 0 Å². The first-order chi connectivity index (χ1) is 12.4. The normalized spacial score (nSPS) is 11.2. The smallest absolute Gasteiger partial charge is 0.197 e. The van der Waals surface area contributed by atoms with Crippen molar-refractivity contribution in [3.05, 3.63) is 77.7 Å². The van der Waals surface area contributed by atoms with Crippen LogP contribution < -0.4 is 4.74 Å². The number of hydrogen-bond acceptors (Lipinski definition) is 5. The van der Waals surface area contributed by atoms with Crippen molar-refractivity contribution in [3.8, 4) is 5.75 Å². The van der Waals surface area contributed by atoms with Crippen molar-refractivity contribution >= 4 is 23.1 Å². The molecule has 4 aromatic rings. The van der Waals surface area contributed by atoms with Crippen LogP contribution in [0.4, 0.5) is 0 Å². The molecule has 0 saturated heterocycles. The van der Waals surface area contributed by atoms with Gasteiger partial charge in [0.25, 0.3) is 0 Å². The summed E-state index contributed by atoms with van der Waals surface area (Å²) in [5, 5.41) is 14.8. The lowest BCUT2D eigenvalue weighted by Crippen LogP contribution is -1.98. The Morgan fingerprint density at radius 2 is 1.92 bits per heavy atom. The van der Waals surface area contributed by atoms with E-state index in [2.05, 4.69) is 31.7 Å². The van der Waals surface area contributed by atoms with Crippen LogP contribution in [-0.2, 0) is 6.61 Å². The van der Waals surface area contributed by atoms with Gasteiger partial charge in [-0.05, 0) is 41.1 Å². The number of nitrogens with one attached hydrogen (secondary N) is 1. The number of hydrogen-bond donors (Lipinski definition) is 1. The zero-order valence-corrected chi connectivity index (χ0v) is 13.3. The number of ether oxygens (including phenoxy) is 1. The minimum atomic E-state index is 0.419. The van der Waals surface area contributed by atoms with Crippen LogP contribution in [-0.4, -0.2) is 25.6 Å². The summed E-state index contributed by atoms with van der Waals surface area (Å²) >= 11 is 0. The van der Waals surface area contributed by atoms with E-state index in [1.807, 2.05) is 60.7 Å². The number of aromatic amines is 1. The molecule has 0 radical (unpaired) electrons. The van der Waals surface area contributed by atoms with E-state index in [0.717, 1.165) is 27.9 Å². The fraction of sp³-hybridized carbons (Fsp3) is 0.0526. The number of benzene rings is 2. The molecule has 2 heterocycles. The molecule has 0 atom stereocenters. The summed E-state index contributed by atoms with van der Waals surface area (Å²) in [5.41, 5.74) is 2.86. The summed E-state index contributed by atoms with van der Waals surface area (Å²) in [4.78, 5) is 4.62. The van der Waals surface area contributed by atoms with E-state index in [0.29, 0.717) is 12.4 Å². The third kappa shape index (κ3) is 3.69. The van der Waals surface area contributed by atoms with Crippen LogP contribution >= 0.6 is 0 Å². The summed E-state index contributed by atoms with van der Waals surface area (Å²) in [6.45, 7) is 0.419. The Balaban J connectivity index is 1.46. The predicted molar refractivity (Wildman–Crippen MR) is 95.6 cm³/mol. The summed E-state index contributed by atoms with van der Waals surface area (Å²) < 4.78 is 5.87. The maximum Gasteiger partial charge on any atom is 0.197 e. The summed E-state index contributed by atoms with van der Waals surface area (Å²) in [6, 6.07) is 19.9. The average Bonchev–Trinajstić information content (AvgIpc) is 3.19. The lowest BCUT2D eigenvalue weighted by molar-refractivity contribution is 0.302. The van der Waals surface area contributed by atoms with Gasteiger partial charge in [0, 0.05) is 5.39 Å². The molecule has 0 spiro atoms. The van der Waals surface area contributed by atoms with Crippen molar-refractivity contribution in [2.45, 2.75) is 6.61 Å². The van der Waals surface area contributed by atoms with E-state index < -0.39 is 0 Å². The highest BCUT2D eigenvalue weighted by atomic mass is 16.5. The van der Waals surface area contributed by atoms with E-state index >= 15 is 0 Å². The zero-order chi connectivity index (χ0) is 16.9. The van der Waals surface area contributed by atoms with E-state index in [1.54, 1.807) is 6.08 Å². The van der Waals surface area contributed by atoms with Gasteiger partial charge in [-0.3, -0.25) is 0 Å². The molecule has 0 unspecified atom stereocenters.